The van der Waals surface area contributed by atoms with Crippen LogP contribution in [0.3, 0.4) is 0 Å². The Morgan fingerprint density at radius 1 is 1.21 bits per heavy atom. The van der Waals surface area contributed by atoms with Crippen molar-refractivity contribution < 1.29 is 18.7 Å². The van der Waals surface area contributed by atoms with Gasteiger partial charge in [-0.1, -0.05) is 12.1 Å². The molecule has 0 bridgehead atoms. The molecule has 0 saturated carbocycles. The molecule has 2 heterocycles. The maximum atomic E-state index is 13.2. The van der Waals surface area contributed by atoms with Crippen molar-refractivity contribution in [1.29, 1.82) is 0 Å². The van der Waals surface area contributed by atoms with Crippen LogP contribution >= 0.6 is 0 Å². The van der Waals surface area contributed by atoms with Gasteiger partial charge in [-0.15, -0.1) is 0 Å². The topological polar surface area (TPSA) is 80.1 Å². The summed E-state index contributed by atoms with van der Waals surface area (Å²) in [5.74, 6) is -0.738. The number of hydrogen-bond acceptors (Lipinski definition) is 6. The molecule has 2 aromatic rings. The van der Waals surface area contributed by atoms with Crippen LogP contribution in [0.2, 0.25) is 0 Å². The van der Waals surface area contributed by atoms with Gasteiger partial charge in [-0.25, -0.2) is 4.79 Å². The third kappa shape index (κ3) is 4.85. The van der Waals surface area contributed by atoms with Crippen molar-refractivity contribution in [2.75, 3.05) is 34.3 Å². The standard InChI is InChI=1S/C22H28N2O5/c1-14-5-8-18-16(11-21(26)29-19(18)9-14)10-20(25)24-12-15(22(27)28-4)6-7-17(13-24)23(2)3/h5,8-9,11,15,17H,6-7,10,12-13H2,1-4H3/t15-,17+/m0/s1. The van der Waals surface area contributed by atoms with Crippen LogP contribution in [0.5, 0.6) is 0 Å². The number of benzene rings is 1. The normalized spacial score (nSPS) is 20.0. The van der Waals surface area contributed by atoms with Gasteiger partial charge in [0.1, 0.15) is 5.58 Å². The highest BCUT2D eigenvalue weighted by molar-refractivity contribution is 5.87. The Hall–Kier alpha value is -2.67. The van der Waals surface area contributed by atoms with Gasteiger partial charge in [0.2, 0.25) is 5.91 Å². The Labute approximate surface area is 170 Å². The van der Waals surface area contributed by atoms with Crippen LogP contribution in [0.4, 0.5) is 0 Å². The number of esters is 1. The summed E-state index contributed by atoms with van der Waals surface area (Å²) in [4.78, 5) is 41.1. The highest BCUT2D eigenvalue weighted by Gasteiger charge is 2.32. The molecule has 0 radical (unpaired) electrons. The molecule has 1 amide bonds. The van der Waals surface area contributed by atoms with E-state index in [1.165, 1.54) is 13.2 Å². The number of rotatable bonds is 4. The number of amides is 1. The molecule has 1 aromatic carbocycles. The van der Waals surface area contributed by atoms with Crippen molar-refractivity contribution in [2.45, 2.75) is 32.2 Å². The number of hydrogen-bond donors (Lipinski definition) is 0. The first kappa shape index (κ1) is 21.0. The third-order valence-electron chi connectivity index (χ3n) is 5.67. The molecule has 0 unspecified atom stereocenters. The maximum absolute atomic E-state index is 13.2. The number of likely N-dealkylation sites (N-methyl/N-ethyl adjacent to an activating group) is 1. The number of likely N-dealkylation sites (tertiary alicyclic amines) is 1. The Balaban J connectivity index is 1.88. The first-order valence-electron chi connectivity index (χ1n) is 9.84. The summed E-state index contributed by atoms with van der Waals surface area (Å²) in [6.07, 6.45) is 1.57. The minimum Gasteiger partial charge on any atom is -0.469 e. The lowest BCUT2D eigenvalue weighted by Gasteiger charge is -2.29. The van der Waals surface area contributed by atoms with Crippen LogP contribution in [0, 0.1) is 12.8 Å². The molecule has 7 nitrogen and oxygen atoms in total. The van der Waals surface area contributed by atoms with E-state index in [-0.39, 0.29) is 30.3 Å². The van der Waals surface area contributed by atoms with Crippen molar-refractivity contribution in [3.05, 3.63) is 45.8 Å². The molecular weight excluding hydrogens is 372 g/mol. The fourth-order valence-electron chi connectivity index (χ4n) is 3.91. The van der Waals surface area contributed by atoms with Crippen molar-refractivity contribution in [2.24, 2.45) is 5.92 Å². The predicted octanol–water partition coefficient (Wildman–Crippen LogP) is 1.99. The maximum Gasteiger partial charge on any atom is 0.336 e. The van der Waals surface area contributed by atoms with Crippen LogP contribution in [0.15, 0.2) is 33.5 Å². The zero-order valence-electron chi connectivity index (χ0n) is 17.4. The van der Waals surface area contributed by atoms with Crippen LogP contribution in [-0.4, -0.2) is 62.0 Å². The minimum absolute atomic E-state index is 0.0825. The van der Waals surface area contributed by atoms with E-state index < -0.39 is 5.63 Å². The smallest absolute Gasteiger partial charge is 0.336 e. The molecule has 3 rings (SSSR count). The fourth-order valence-corrected chi connectivity index (χ4v) is 3.91. The molecule has 1 aliphatic rings. The van der Waals surface area contributed by atoms with Crippen molar-refractivity contribution in [3.8, 4) is 0 Å². The number of methoxy groups -OCH3 is 1. The van der Waals surface area contributed by atoms with E-state index in [0.717, 1.165) is 17.4 Å². The minimum atomic E-state index is -0.472. The summed E-state index contributed by atoms with van der Waals surface area (Å²) in [6.45, 7) is 2.79. The number of aryl methyl sites for hydroxylation is 1. The molecule has 156 valence electrons. The molecule has 0 aliphatic carbocycles. The Kier molecular flexibility index (Phi) is 6.37. The molecule has 2 atom stereocenters. The summed E-state index contributed by atoms with van der Waals surface area (Å²) in [5.41, 5.74) is 1.63. The average molecular weight is 400 g/mol. The van der Waals surface area contributed by atoms with E-state index >= 15 is 0 Å². The molecule has 1 aliphatic heterocycles. The van der Waals surface area contributed by atoms with E-state index in [0.29, 0.717) is 30.7 Å². The summed E-state index contributed by atoms with van der Waals surface area (Å²) < 4.78 is 10.2. The molecular formula is C22H28N2O5. The largest absolute Gasteiger partial charge is 0.469 e. The highest BCUT2D eigenvalue weighted by atomic mass is 16.5. The Bertz CT molecular complexity index is 965. The third-order valence-corrected chi connectivity index (χ3v) is 5.67. The lowest BCUT2D eigenvalue weighted by Crippen LogP contribution is -2.43. The molecule has 0 N–H and O–H groups in total. The summed E-state index contributed by atoms with van der Waals surface area (Å²) in [5, 5.41) is 0.757. The quantitative estimate of drug-likeness (QED) is 0.577. The average Bonchev–Trinajstić information content (AvgIpc) is 2.90. The second-order valence-electron chi connectivity index (χ2n) is 7.98. The van der Waals surface area contributed by atoms with E-state index in [9.17, 15) is 14.4 Å². The summed E-state index contributed by atoms with van der Waals surface area (Å²) in [7, 11) is 5.33. The van der Waals surface area contributed by atoms with Crippen LogP contribution in [0.1, 0.15) is 24.0 Å². The predicted molar refractivity (Wildman–Crippen MR) is 110 cm³/mol. The van der Waals surface area contributed by atoms with Gasteiger partial charge in [0, 0.05) is 30.6 Å². The van der Waals surface area contributed by atoms with E-state index in [1.54, 1.807) is 11.0 Å². The van der Waals surface area contributed by atoms with Gasteiger partial charge >= 0.3 is 11.6 Å². The number of nitrogens with zero attached hydrogens (tertiary/aromatic N) is 2. The van der Waals surface area contributed by atoms with Crippen molar-refractivity contribution in [1.82, 2.24) is 9.80 Å². The zero-order chi connectivity index (χ0) is 21.1. The Morgan fingerprint density at radius 2 is 1.97 bits per heavy atom. The zero-order valence-corrected chi connectivity index (χ0v) is 17.4. The summed E-state index contributed by atoms with van der Waals surface area (Å²) >= 11 is 0. The first-order valence-corrected chi connectivity index (χ1v) is 9.84. The first-order chi connectivity index (χ1) is 13.8. The van der Waals surface area contributed by atoms with Gasteiger partial charge in [-0.3, -0.25) is 9.59 Å². The van der Waals surface area contributed by atoms with E-state index in [2.05, 4.69) is 4.90 Å². The van der Waals surface area contributed by atoms with Gasteiger partial charge in [0.15, 0.2) is 0 Å². The summed E-state index contributed by atoms with van der Waals surface area (Å²) in [6, 6.07) is 7.14. The monoisotopic (exact) mass is 400 g/mol. The number of carbonyl (C=O) groups is 2. The molecule has 29 heavy (non-hydrogen) atoms. The van der Waals surface area contributed by atoms with Gasteiger partial charge in [-0.05, 0) is 51.1 Å². The second-order valence-corrected chi connectivity index (χ2v) is 7.98. The molecule has 7 heteroatoms. The van der Waals surface area contributed by atoms with Crippen LogP contribution < -0.4 is 5.63 Å². The molecule has 1 fully saturated rings. The van der Waals surface area contributed by atoms with Gasteiger partial charge < -0.3 is 19.0 Å². The molecule has 1 aromatic heterocycles. The highest BCUT2D eigenvalue weighted by Crippen LogP contribution is 2.23. The van der Waals surface area contributed by atoms with Gasteiger partial charge in [0.25, 0.3) is 0 Å². The van der Waals surface area contributed by atoms with Crippen molar-refractivity contribution >= 4 is 22.8 Å². The van der Waals surface area contributed by atoms with Crippen LogP contribution in [-0.2, 0) is 20.7 Å². The Morgan fingerprint density at radius 3 is 2.66 bits per heavy atom. The lowest BCUT2D eigenvalue weighted by molar-refractivity contribution is -0.146. The van der Waals surface area contributed by atoms with Gasteiger partial charge in [0.05, 0.1) is 19.4 Å². The van der Waals surface area contributed by atoms with E-state index in [1.807, 2.05) is 33.2 Å². The lowest BCUT2D eigenvalue weighted by atomic mass is 10.0. The SMILES string of the molecule is COC(=O)[C@H]1CC[C@@H](N(C)C)CN(C(=O)Cc2cc(=O)oc3cc(C)ccc23)C1. The van der Waals surface area contributed by atoms with E-state index in [4.69, 9.17) is 9.15 Å². The number of carbonyl (C=O) groups excluding carboxylic acids is 2. The second kappa shape index (κ2) is 8.78. The van der Waals surface area contributed by atoms with Gasteiger partial charge in [-0.2, -0.15) is 0 Å². The molecule has 1 saturated heterocycles. The van der Waals surface area contributed by atoms with Crippen LogP contribution in [0.25, 0.3) is 11.0 Å². The number of ether oxygens (including phenoxy) is 1. The van der Waals surface area contributed by atoms with Crippen molar-refractivity contribution in [3.63, 3.8) is 0 Å². The number of fused-ring (bicyclic) bond motifs is 1. The molecule has 0 spiro atoms. The fraction of sp³-hybridized carbons (Fsp3) is 0.500.